The highest BCUT2D eigenvalue weighted by Gasteiger charge is 2.06. The first-order chi connectivity index (χ1) is 7.72. The zero-order valence-electron chi connectivity index (χ0n) is 9.44. The van der Waals surface area contributed by atoms with Gasteiger partial charge in [-0.3, -0.25) is 4.79 Å². The van der Waals surface area contributed by atoms with Crippen LogP contribution >= 0.6 is 0 Å². The SMILES string of the molecule is CC(CC#N)NC(=O)CCc1ccccc1. The Kier molecular flexibility index (Phi) is 5.07. The third-order valence-corrected chi connectivity index (χ3v) is 2.29. The van der Waals surface area contributed by atoms with E-state index in [9.17, 15) is 4.79 Å². The minimum atomic E-state index is -0.0618. The summed E-state index contributed by atoms with van der Waals surface area (Å²) in [6.45, 7) is 1.84. The second-order valence-corrected chi connectivity index (χ2v) is 3.82. The van der Waals surface area contributed by atoms with E-state index in [0.29, 0.717) is 12.8 Å². The van der Waals surface area contributed by atoms with E-state index in [-0.39, 0.29) is 11.9 Å². The summed E-state index contributed by atoms with van der Waals surface area (Å²) in [5.41, 5.74) is 1.16. The first-order valence-corrected chi connectivity index (χ1v) is 5.42. The van der Waals surface area contributed by atoms with E-state index in [4.69, 9.17) is 5.26 Å². The molecule has 3 nitrogen and oxygen atoms in total. The quantitative estimate of drug-likeness (QED) is 0.818. The lowest BCUT2D eigenvalue weighted by atomic mass is 10.1. The van der Waals surface area contributed by atoms with Crippen LogP contribution in [0.25, 0.3) is 0 Å². The Morgan fingerprint density at radius 1 is 1.44 bits per heavy atom. The minimum Gasteiger partial charge on any atom is -0.353 e. The van der Waals surface area contributed by atoms with Gasteiger partial charge in [-0.15, -0.1) is 0 Å². The summed E-state index contributed by atoms with van der Waals surface area (Å²) in [5.74, 6) is 0.00611. The highest BCUT2D eigenvalue weighted by Crippen LogP contribution is 2.02. The number of nitrogens with zero attached hydrogens (tertiary/aromatic N) is 1. The molecule has 0 bridgehead atoms. The van der Waals surface area contributed by atoms with E-state index in [0.717, 1.165) is 12.0 Å². The Morgan fingerprint density at radius 3 is 2.75 bits per heavy atom. The standard InChI is InChI=1S/C13H16N2O/c1-11(9-10-14)15-13(16)8-7-12-5-3-2-4-6-12/h2-6,11H,7-9H2,1H3,(H,15,16). The van der Waals surface area contributed by atoms with Crippen molar-refractivity contribution >= 4 is 5.91 Å². The van der Waals surface area contributed by atoms with E-state index in [1.807, 2.05) is 43.3 Å². The molecular weight excluding hydrogens is 200 g/mol. The Labute approximate surface area is 96.1 Å². The van der Waals surface area contributed by atoms with Gasteiger partial charge in [0.25, 0.3) is 0 Å². The maximum atomic E-state index is 11.5. The van der Waals surface area contributed by atoms with Gasteiger partial charge in [0.2, 0.25) is 5.91 Å². The molecule has 84 valence electrons. The molecule has 3 heteroatoms. The molecule has 1 rings (SSSR count). The molecule has 0 aliphatic rings. The average Bonchev–Trinajstić information content (AvgIpc) is 2.28. The lowest BCUT2D eigenvalue weighted by molar-refractivity contribution is -0.121. The fraction of sp³-hybridized carbons (Fsp3) is 0.385. The van der Waals surface area contributed by atoms with Gasteiger partial charge in [-0.25, -0.2) is 0 Å². The van der Waals surface area contributed by atoms with E-state index in [1.165, 1.54) is 0 Å². The van der Waals surface area contributed by atoms with Crippen molar-refractivity contribution in [1.29, 1.82) is 5.26 Å². The number of aryl methyl sites for hydroxylation is 1. The van der Waals surface area contributed by atoms with Crippen molar-refractivity contribution in [2.45, 2.75) is 32.2 Å². The maximum absolute atomic E-state index is 11.5. The van der Waals surface area contributed by atoms with Gasteiger partial charge in [0, 0.05) is 12.5 Å². The molecule has 16 heavy (non-hydrogen) atoms. The molecule has 1 aromatic carbocycles. The highest BCUT2D eigenvalue weighted by molar-refractivity contribution is 5.76. The summed E-state index contributed by atoms with van der Waals surface area (Å²) in [6, 6.07) is 11.9. The number of amides is 1. The maximum Gasteiger partial charge on any atom is 0.220 e. The Hall–Kier alpha value is -1.82. The third-order valence-electron chi connectivity index (χ3n) is 2.29. The van der Waals surface area contributed by atoms with Crippen molar-refractivity contribution in [2.24, 2.45) is 0 Å². The smallest absolute Gasteiger partial charge is 0.220 e. The predicted octanol–water partition coefficient (Wildman–Crippen LogP) is 2.04. The summed E-state index contributed by atoms with van der Waals surface area (Å²) >= 11 is 0. The first-order valence-electron chi connectivity index (χ1n) is 5.42. The van der Waals surface area contributed by atoms with Crippen molar-refractivity contribution in [3.05, 3.63) is 35.9 Å². The van der Waals surface area contributed by atoms with Gasteiger partial charge < -0.3 is 5.32 Å². The minimum absolute atomic E-state index is 0.00611. The van der Waals surface area contributed by atoms with Crippen LogP contribution in [0.4, 0.5) is 0 Å². The third kappa shape index (κ3) is 4.61. The van der Waals surface area contributed by atoms with Gasteiger partial charge in [0.15, 0.2) is 0 Å². The average molecular weight is 216 g/mol. The largest absolute Gasteiger partial charge is 0.353 e. The van der Waals surface area contributed by atoms with Gasteiger partial charge in [0.1, 0.15) is 0 Å². The van der Waals surface area contributed by atoms with Gasteiger partial charge in [-0.2, -0.15) is 5.26 Å². The Morgan fingerprint density at radius 2 is 2.12 bits per heavy atom. The molecule has 0 aromatic heterocycles. The van der Waals surface area contributed by atoms with Crippen molar-refractivity contribution < 1.29 is 4.79 Å². The molecule has 0 radical (unpaired) electrons. The van der Waals surface area contributed by atoms with Crippen LogP contribution < -0.4 is 5.32 Å². The van der Waals surface area contributed by atoms with Gasteiger partial charge in [-0.1, -0.05) is 30.3 Å². The normalized spacial score (nSPS) is 11.5. The zero-order chi connectivity index (χ0) is 11.8. The second kappa shape index (κ2) is 6.62. The number of hydrogen-bond acceptors (Lipinski definition) is 2. The second-order valence-electron chi connectivity index (χ2n) is 3.82. The fourth-order valence-electron chi connectivity index (χ4n) is 1.44. The van der Waals surface area contributed by atoms with Crippen LogP contribution in [-0.2, 0) is 11.2 Å². The summed E-state index contributed by atoms with van der Waals surface area (Å²) in [5, 5.41) is 11.2. The molecule has 1 atom stereocenters. The van der Waals surface area contributed by atoms with Crippen molar-refractivity contribution in [2.75, 3.05) is 0 Å². The van der Waals surface area contributed by atoms with Crippen molar-refractivity contribution in [1.82, 2.24) is 5.32 Å². The fourth-order valence-corrected chi connectivity index (χ4v) is 1.44. The van der Waals surface area contributed by atoms with Crippen molar-refractivity contribution in [3.63, 3.8) is 0 Å². The number of rotatable bonds is 5. The van der Waals surface area contributed by atoms with Gasteiger partial charge in [0.05, 0.1) is 12.5 Å². The number of nitriles is 1. The topological polar surface area (TPSA) is 52.9 Å². The van der Waals surface area contributed by atoms with Crippen LogP contribution in [0.2, 0.25) is 0 Å². The van der Waals surface area contributed by atoms with Crippen LogP contribution in [0.1, 0.15) is 25.3 Å². The number of benzene rings is 1. The predicted molar refractivity (Wildman–Crippen MR) is 62.6 cm³/mol. The van der Waals surface area contributed by atoms with E-state index in [1.54, 1.807) is 0 Å². The summed E-state index contributed by atoms with van der Waals surface area (Å²) < 4.78 is 0. The lowest BCUT2D eigenvalue weighted by Crippen LogP contribution is -2.32. The van der Waals surface area contributed by atoms with Crippen molar-refractivity contribution in [3.8, 4) is 6.07 Å². The molecule has 1 aromatic rings. The monoisotopic (exact) mass is 216 g/mol. The van der Waals surface area contributed by atoms with Crippen LogP contribution in [0.5, 0.6) is 0 Å². The summed E-state index contributed by atoms with van der Waals surface area (Å²) in [6.07, 6.45) is 1.57. The molecule has 0 aliphatic heterocycles. The van der Waals surface area contributed by atoms with Crippen LogP contribution in [0.3, 0.4) is 0 Å². The first kappa shape index (κ1) is 12.3. The summed E-state index contributed by atoms with van der Waals surface area (Å²) in [4.78, 5) is 11.5. The van der Waals surface area contributed by atoms with Gasteiger partial charge >= 0.3 is 0 Å². The molecule has 1 amide bonds. The van der Waals surface area contributed by atoms with E-state index >= 15 is 0 Å². The molecule has 0 spiro atoms. The molecule has 0 heterocycles. The molecule has 1 N–H and O–H groups in total. The van der Waals surface area contributed by atoms with E-state index in [2.05, 4.69) is 5.32 Å². The van der Waals surface area contributed by atoms with Crippen LogP contribution in [-0.4, -0.2) is 11.9 Å². The van der Waals surface area contributed by atoms with Crippen LogP contribution in [0, 0.1) is 11.3 Å². The van der Waals surface area contributed by atoms with Gasteiger partial charge in [-0.05, 0) is 18.9 Å². The Balaban J connectivity index is 2.28. The highest BCUT2D eigenvalue weighted by atomic mass is 16.1. The molecule has 0 saturated carbocycles. The molecule has 0 aliphatic carbocycles. The Bertz CT molecular complexity index is 367. The number of carbonyl (C=O) groups is 1. The number of hydrogen-bond donors (Lipinski definition) is 1. The van der Waals surface area contributed by atoms with Crippen LogP contribution in [0.15, 0.2) is 30.3 Å². The molecule has 0 saturated heterocycles. The molecule has 0 fully saturated rings. The summed E-state index contributed by atoms with van der Waals surface area (Å²) in [7, 11) is 0. The van der Waals surface area contributed by atoms with E-state index < -0.39 is 0 Å². The molecular formula is C13H16N2O. The number of carbonyl (C=O) groups excluding carboxylic acids is 1. The zero-order valence-corrected chi connectivity index (χ0v) is 9.44. The number of nitrogens with one attached hydrogen (secondary N) is 1. The lowest BCUT2D eigenvalue weighted by Gasteiger charge is -2.09. The molecule has 1 unspecified atom stereocenters.